The summed E-state index contributed by atoms with van der Waals surface area (Å²) < 4.78 is 1.97. The van der Waals surface area contributed by atoms with E-state index in [1.54, 1.807) is 0 Å². The standard InChI is InChI=1S/C11H20N2O/c1-4-6-7-10-9(3)13(8-5-2)12-11(10)14/h4-8H2,1-3H3,(H,12,14). The topological polar surface area (TPSA) is 37.8 Å². The lowest BCUT2D eigenvalue weighted by atomic mass is 10.1. The van der Waals surface area contributed by atoms with Crippen LogP contribution in [0.1, 0.15) is 44.4 Å². The second-order valence-corrected chi connectivity index (χ2v) is 3.76. The van der Waals surface area contributed by atoms with Crippen LogP contribution in [0.4, 0.5) is 0 Å². The van der Waals surface area contributed by atoms with Gasteiger partial charge in [-0.2, -0.15) is 0 Å². The third-order valence-corrected chi connectivity index (χ3v) is 2.58. The molecule has 0 aliphatic rings. The zero-order valence-electron chi connectivity index (χ0n) is 9.39. The van der Waals surface area contributed by atoms with Gasteiger partial charge in [-0.05, 0) is 26.2 Å². The van der Waals surface area contributed by atoms with E-state index >= 15 is 0 Å². The number of nitrogens with zero attached hydrogens (tertiary/aromatic N) is 1. The maximum atomic E-state index is 11.6. The number of aromatic nitrogens is 2. The lowest BCUT2D eigenvalue weighted by molar-refractivity contribution is 0.582. The summed E-state index contributed by atoms with van der Waals surface area (Å²) in [4.78, 5) is 11.6. The molecule has 1 N–H and O–H groups in total. The molecule has 0 aliphatic heterocycles. The third kappa shape index (κ3) is 2.28. The van der Waals surface area contributed by atoms with E-state index in [1.165, 1.54) is 0 Å². The molecule has 1 rings (SSSR count). The molecule has 0 saturated carbocycles. The summed E-state index contributed by atoms with van der Waals surface area (Å²) >= 11 is 0. The zero-order chi connectivity index (χ0) is 10.6. The molecule has 1 aromatic rings. The number of H-pyrrole nitrogens is 1. The van der Waals surface area contributed by atoms with Gasteiger partial charge in [0.1, 0.15) is 0 Å². The van der Waals surface area contributed by atoms with Gasteiger partial charge in [-0.15, -0.1) is 0 Å². The number of aryl methyl sites for hydroxylation is 1. The normalized spacial score (nSPS) is 10.8. The summed E-state index contributed by atoms with van der Waals surface area (Å²) in [5, 5.41) is 2.88. The predicted octanol–water partition coefficient (Wildman–Crippen LogP) is 2.24. The van der Waals surface area contributed by atoms with Crippen LogP contribution < -0.4 is 5.56 Å². The Morgan fingerprint density at radius 1 is 1.29 bits per heavy atom. The van der Waals surface area contributed by atoms with Crippen molar-refractivity contribution in [1.29, 1.82) is 0 Å². The Morgan fingerprint density at radius 3 is 2.57 bits per heavy atom. The summed E-state index contributed by atoms with van der Waals surface area (Å²) in [6.07, 6.45) is 4.20. The molecule has 0 fully saturated rings. The molecular weight excluding hydrogens is 176 g/mol. The number of aromatic amines is 1. The molecule has 3 heteroatoms. The molecule has 0 aliphatic carbocycles. The Kier molecular flexibility index (Phi) is 3.98. The molecule has 0 bridgehead atoms. The van der Waals surface area contributed by atoms with Crippen LogP contribution >= 0.6 is 0 Å². The van der Waals surface area contributed by atoms with Gasteiger partial charge in [-0.3, -0.25) is 14.6 Å². The Bertz CT molecular complexity index is 336. The minimum atomic E-state index is 0.101. The van der Waals surface area contributed by atoms with Crippen LogP contribution in [-0.4, -0.2) is 9.78 Å². The Hall–Kier alpha value is -0.990. The van der Waals surface area contributed by atoms with Crippen LogP contribution in [0.25, 0.3) is 0 Å². The van der Waals surface area contributed by atoms with Gasteiger partial charge in [-0.25, -0.2) is 0 Å². The maximum Gasteiger partial charge on any atom is 0.267 e. The maximum absolute atomic E-state index is 11.6. The number of hydrogen-bond acceptors (Lipinski definition) is 1. The van der Waals surface area contributed by atoms with E-state index in [1.807, 2.05) is 11.6 Å². The molecule has 1 aromatic heterocycles. The fraction of sp³-hybridized carbons (Fsp3) is 0.727. The van der Waals surface area contributed by atoms with E-state index in [0.717, 1.165) is 43.5 Å². The summed E-state index contributed by atoms with van der Waals surface area (Å²) in [5.74, 6) is 0. The molecule has 0 amide bonds. The fourth-order valence-electron chi connectivity index (χ4n) is 1.70. The summed E-state index contributed by atoms with van der Waals surface area (Å²) in [6, 6.07) is 0. The van der Waals surface area contributed by atoms with Crippen LogP contribution in [0.5, 0.6) is 0 Å². The lowest BCUT2D eigenvalue weighted by Gasteiger charge is -2.03. The molecule has 1 heterocycles. The van der Waals surface area contributed by atoms with E-state index in [0.29, 0.717) is 0 Å². The molecule has 0 saturated heterocycles. The van der Waals surface area contributed by atoms with Crippen LogP contribution in [0.3, 0.4) is 0 Å². The van der Waals surface area contributed by atoms with Crippen molar-refractivity contribution in [3.8, 4) is 0 Å². The van der Waals surface area contributed by atoms with Crippen molar-refractivity contribution in [2.45, 2.75) is 53.0 Å². The van der Waals surface area contributed by atoms with Crippen molar-refractivity contribution >= 4 is 0 Å². The first-order chi connectivity index (χ1) is 6.70. The molecular formula is C11H20N2O. The van der Waals surface area contributed by atoms with E-state index in [9.17, 15) is 4.79 Å². The predicted molar refractivity (Wildman–Crippen MR) is 58.7 cm³/mol. The van der Waals surface area contributed by atoms with Gasteiger partial charge < -0.3 is 0 Å². The van der Waals surface area contributed by atoms with Crippen molar-refractivity contribution in [2.75, 3.05) is 0 Å². The molecule has 0 radical (unpaired) electrons. The first-order valence-corrected chi connectivity index (χ1v) is 5.49. The molecule has 80 valence electrons. The van der Waals surface area contributed by atoms with Gasteiger partial charge >= 0.3 is 0 Å². The Morgan fingerprint density at radius 2 is 2.00 bits per heavy atom. The first kappa shape index (κ1) is 11.1. The van der Waals surface area contributed by atoms with Gasteiger partial charge in [0.15, 0.2) is 0 Å². The number of unbranched alkanes of at least 4 members (excludes halogenated alkanes) is 1. The van der Waals surface area contributed by atoms with E-state index in [4.69, 9.17) is 0 Å². The van der Waals surface area contributed by atoms with Crippen molar-refractivity contribution in [2.24, 2.45) is 0 Å². The number of hydrogen-bond donors (Lipinski definition) is 1. The minimum Gasteiger partial charge on any atom is -0.289 e. The SMILES string of the molecule is CCCCc1c(C)n(CCC)[nH]c1=O. The lowest BCUT2D eigenvalue weighted by Crippen LogP contribution is -2.07. The fourth-order valence-corrected chi connectivity index (χ4v) is 1.70. The molecule has 0 aromatic carbocycles. The van der Waals surface area contributed by atoms with Crippen LogP contribution in [0.2, 0.25) is 0 Å². The van der Waals surface area contributed by atoms with E-state index in [-0.39, 0.29) is 5.56 Å². The van der Waals surface area contributed by atoms with Crippen molar-refractivity contribution in [3.63, 3.8) is 0 Å². The Labute approximate surface area is 85.1 Å². The first-order valence-electron chi connectivity index (χ1n) is 5.49. The molecule has 0 unspecified atom stereocenters. The summed E-state index contributed by atoms with van der Waals surface area (Å²) in [5.41, 5.74) is 2.19. The Balaban J connectivity index is 2.87. The van der Waals surface area contributed by atoms with Crippen LogP contribution in [0, 0.1) is 6.92 Å². The summed E-state index contributed by atoms with van der Waals surface area (Å²) in [6.45, 7) is 7.20. The van der Waals surface area contributed by atoms with Crippen molar-refractivity contribution < 1.29 is 0 Å². The highest BCUT2D eigenvalue weighted by molar-refractivity contribution is 5.16. The van der Waals surface area contributed by atoms with E-state index in [2.05, 4.69) is 18.9 Å². The van der Waals surface area contributed by atoms with Gasteiger partial charge in [0, 0.05) is 17.8 Å². The van der Waals surface area contributed by atoms with Crippen molar-refractivity contribution in [1.82, 2.24) is 9.78 Å². The monoisotopic (exact) mass is 196 g/mol. The van der Waals surface area contributed by atoms with Gasteiger partial charge in [0.25, 0.3) is 5.56 Å². The zero-order valence-corrected chi connectivity index (χ0v) is 9.39. The van der Waals surface area contributed by atoms with Gasteiger partial charge in [-0.1, -0.05) is 20.3 Å². The average Bonchev–Trinajstić information content (AvgIpc) is 2.41. The summed E-state index contributed by atoms with van der Waals surface area (Å²) in [7, 11) is 0. The highest BCUT2D eigenvalue weighted by Crippen LogP contribution is 2.06. The molecule has 14 heavy (non-hydrogen) atoms. The van der Waals surface area contributed by atoms with Gasteiger partial charge in [0.2, 0.25) is 0 Å². The molecule has 3 nitrogen and oxygen atoms in total. The second kappa shape index (κ2) is 5.03. The second-order valence-electron chi connectivity index (χ2n) is 3.76. The number of rotatable bonds is 5. The van der Waals surface area contributed by atoms with Crippen LogP contribution in [0.15, 0.2) is 4.79 Å². The van der Waals surface area contributed by atoms with Gasteiger partial charge in [0.05, 0.1) is 0 Å². The quantitative estimate of drug-likeness (QED) is 0.770. The third-order valence-electron chi connectivity index (χ3n) is 2.58. The van der Waals surface area contributed by atoms with Crippen molar-refractivity contribution in [3.05, 3.63) is 21.6 Å². The van der Waals surface area contributed by atoms with Crippen LogP contribution in [-0.2, 0) is 13.0 Å². The average molecular weight is 196 g/mol. The largest absolute Gasteiger partial charge is 0.289 e. The highest BCUT2D eigenvalue weighted by Gasteiger charge is 2.08. The highest BCUT2D eigenvalue weighted by atomic mass is 16.1. The molecule has 0 atom stereocenters. The van der Waals surface area contributed by atoms with E-state index < -0.39 is 0 Å². The smallest absolute Gasteiger partial charge is 0.267 e. The molecule has 0 spiro atoms. The number of nitrogens with one attached hydrogen (secondary N) is 1. The minimum absolute atomic E-state index is 0.101.